The molecule has 0 saturated heterocycles. The number of aliphatic hydroxyl groups is 1. The molecule has 0 atom stereocenters. The highest BCUT2D eigenvalue weighted by Gasteiger charge is 2.30. The highest BCUT2D eigenvalue weighted by atomic mass is 19.4. The zero-order valence-electron chi connectivity index (χ0n) is 8.40. The average Bonchev–Trinajstić information content (AvgIpc) is 2.24. The van der Waals surface area contributed by atoms with Crippen molar-refractivity contribution in [2.75, 3.05) is 6.61 Å². The highest BCUT2D eigenvalue weighted by Crippen LogP contribution is 2.29. The number of hydrogen-bond acceptors (Lipinski definition) is 4. The molecule has 0 aromatic heterocycles. The van der Waals surface area contributed by atoms with Crippen molar-refractivity contribution in [3.05, 3.63) is 33.9 Å². The number of benzene rings is 1. The first kappa shape index (κ1) is 13.2. The van der Waals surface area contributed by atoms with Gasteiger partial charge in [0, 0.05) is 6.07 Å². The maximum absolute atomic E-state index is 11.9. The molecule has 1 aromatic carbocycles. The molecule has 0 unspecified atom stereocenters. The number of halogens is 3. The van der Waals surface area contributed by atoms with Gasteiger partial charge in [-0.05, 0) is 17.7 Å². The monoisotopic (exact) mass is 251 g/mol. The summed E-state index contributed by atoms with van der Waals surface area (Å²) in [5.74, 6) is -0.515. The lowest BCUT2D eigenvalue weighted by Gasteiger charge is -2.10. The number of hydrogen-bond donors (Lipinski definition) is 1. The normalized spacial score (nSPS) is 11.3. The Morgan fingerprint density at radius 2 is 2.06 bits per heavy atom. The summed E-state index contributed by atoms with van der Waals surface area (Å²) in [6.07, 6.45) is -4.58. The summed E-state index contributed by atoms with van der Waals surface area (Å²) in [6.45, 7) is -2.07. The van der Waals surface area contributed by atoms with E-state index in [9.17, 15) is 23.3 Å². The first-order valence-electron chi connectivity index (χ1n) is 4.41. The van der Waals surface area contributed by atoms with Crippen molar-refractivity contribution in [2.24, 2.45) is 0 Å². The van der Waals surface area contributed by atoms with E-state index in [0.717, 1.165) is 12.1 Å². The van der Waals surface area contributed by atoms with Gasteiger partial charge in [0.05, 0.1) is 11.5 Å². The Bertz CT molecular complexity index is 419. The molecule has 0 radical (unpaired) electrons. The molecule has 5 nitrogen and oxygen atoms in total. The van der Waals surface area contributed by atoms with Gasteiger partial charge in [-0.2, -0.15) is 13.2 Å². The SMILES string of the molecule is O=[N+]([O-])c1ccc(CO)cc1OCC(F)(F)F. The molecular weight excluding hydrogens is 243 g/mol. The molecule has 0 aliphatic rings. The first-order valence-corrected chi connectivity index (χ1v) is 4.41. The van der Waals surface area contributed by atoms with Gasteiger partial charge in [0.1, 0.15) is 0 Å². The van der Waals surface area contributed by atoms with Crippen LogP contribution in [0.25, 0.3) is 0 Å². The van der Waals surface area contributed by atoms with Crippen LogP contribution in [0.3, 0.4) is 0 Å². The Morgan fingerprint density at radius 3 is 2.53 bits per heavy atom. The topological polar surface area (TPSA) is 72.6 Å². The summed E-state index contributed by atoms with van der Waals surface area (Å²) in [6, 6.07) is 3.22. The van der Waals surface area contributed by atoms with E-state index < -0.39 is 35.8 Å². The number of nitro benzene ring substituents is 1. The minimum atomic E-state index is -4.58. The summed E-state index contributed by atoms with van der Waals surface area (Å²) < 4.78 is 40.1. The van der Waals surface area contributed by atoms with Gasteiger partial charge in [0.25, 0.3) is 0 Å². The molecule has 94 valence electrons. The van der Waals surface area contributed by atoms with Crippen LogP contribution in [0.5, 0.6) is 5.75 Å². The first-order chi connectivity index (χ1) is 7.83. The number of nitrogens with zero attached hydrogens (tertiary/aromatic N) is 1. The largest absolute Gasteiger partial charge is 0.477 e. The molecule has 0 spiro atoms. The third kappa shape index (κ3) is 3.91. The van der Waals surface area contributed by atoms with Crippen LogP contribution in [-0.2, 0) is 6.61 Å². The van der Waals surface area contributed by atoms with Crippen molar-refractivity contribution in [3.63, 3.8) is 0 Å². The zero-order valence-corrected chi connectivity index (χ0v) is 8.40. The Hall–Kier alpha value is -1.83. The Balaban J connectivity index is 2.97. The third-order valence-corrected chi connectivity index (χ3v) is 1.79. The van der Waals surface area contributed by atoms with E-state index in [0.29, 0.717) is 0 Å². The molecule has 0 aliphatic carbocycles. The molecule has 1 N–H and O–H groups in total. The average molecular weight is 251 g/mol. The number of aliphatic hydroxyl groups excluding tert-OH is 1. The van der Waals surface area contributed by atoms with Gasteiger partial charge in [-0.15, -0.1) is 0 Å². The fourth-order valence-corrected chi connectivity index (χ4v) is 1.08. The van der Waals surface area contributed by atoms with Crippen LogP contribution in [-0.4, -0.2) is 22.8 Å². The van der Waals surface area contributed by atoms with Gasteiger partial charge in [-0.25, -0.2) is 0 Å². The van der Waals surface area contributed by atoms with Gasteiger partial charge in [0.15, 0.2) is 12.4 Å². The fraction of sp³-hybridized carbons (Fsp3) is 0.333. The predicted molar refractivity (Wildman–Crippen MR) is 50.6 cm³/mol. The maximum Gasteiger partial charge on any atom is 0.422 e. The van der Waals surface area contributed by atoms with E-state index in [1.54, 1.807) is 0 Å². The molecule has 0 bridgehead atoms. The quantitative estimate of drug-likeness (QED) is 0.656. The van der Waals surface area contributed by atoms with Gasteiger partial charge in [-0.1, -0.05) is 0 Å². The molecule has 8 heteroatoms. The molecule has 17 heavy (non-hydrogen) atoms. The Morgan fingerprint density at radius 1 is 1.41 bits per heavy atom. The van der Waals surface area contributed by atoms with Crippen molar-refractivity contribution in [3.8, 4) is 5.75 Å². The summed E-state index contributed by atoms with van der Waals surface area (Å²) in [5, 5.41) is 19.3. The summed E-state index contributed by atoms with van der Waals surface area (Å²) in [5.41, 5.74) is -0.348. The van der Waals surface area contributed by atoms with Crippen LogP contribution in [0.4, 0.5) is 18.9 Å². The van der Waals surface area contributed by atoms with E-state index >= 15 is 0 Å². The van der Waals surface area contributed by atoms with Crippen molar-refractivity contribution in [1.29, 1.82) is 0 Å². The van der Waals surface area contributed by atoms with Crippen molar-refractivity contribution >= 4 is 5.69 Å². The molecule has 0 amide bonds. The number of rotatable bonds is 4. The van der Waals surface area contributed by atoms with Crippen LogP contribution in [0, 0.1) is 10.1 Å². The van der Waals surface area contributed by atoms with E-state index in [-0.39, 0.29) is 5.56 Å². The summed E-state index contributed by atoms with van der Waals surface area (Å²) in [7, 11) is 0. The Labute approximate surface area is 93.6 Å². The number of alkyl halides is 3. The van der Waals surface area contributed by atoms with Crippen LogP contribution in [0.15, 0.2) is 18.2 Å². The van der Waals surface area contributed by atoms with Crippen LogP contribution >= 0.6 is 0 Å². The van der Waals surface area contributed by atoms with Gasteiger partial charge in [0.2, 0.25) is 0 Å². The van der Waals surface area contributed by atoms with Crippen molar-refractivity contribution < 1.29 is 27.9 Å². The van der Waals surface area contributed by atoms with Crippen molar-refractivity contribution in [2.45, 2.75) is 12.8 Å². The third-order valence-electron chi connectivity index (χ3n) is 1.79. The predicted octanol–water partition coefficient (Wildman–Crippen LogP) is 2.03. The minimum absolute atomic E-state index is 0.229. The second kappa shape index (κ2) is 5.00. The zero-order chi connectivity index (χ0) is 13.1. The summed E-state index contributed by atoms with van der Waals surface area (Å²) in [4.78, 5) is 9.67. The maximum atomic E-state index is 11.9. The molecule has 1 aromatic rings. The fourth-order valence-electron chi connectivity index (χ4n) is 1.08. The lowest BCUT2D eigenvalue weighted by Crippen LogP contribution is -2.19. The Kier molecular flexibility index (Phi) is 3.89. The van der Waals surface area contributed by atoms with Crippen molar-refractivity contribution in [1.82, 2.24) is 0 Å². The van der Waals surface area contributed by atoms with Gasteiger partial charge >= 0.3 is 11.9 Å². The summed E-state index contributed by atoms with van der Waals surface area (Å²) >= 11 is 0. The van der Waals surface area contributed by atoms with Gasteiger partial charge < -0.3 is 9.84 Å². The van der Waals surface area contributed by atoms with Crippen LogP contribution < -0.4 is 4.74 Å². The van der Waals surface area contributed by atoms with Crippen LogP contribution in [0.2, 0.25) is 0 Å². The molecular formula is C9H8F3NO4. The van der Waals surface area contributed by atoms with E-state index in [1.807, 2.05) is 0 Å². The van der Waals surface area contributed by atoms with E-state index in [1.165, 1.54) is 6.07 Å². The van der Waals surface area contributed by atoms with E-state index in [2.05, 4.69) is 4.74 Å². The van der Waals surface area contributed by atoms with Gasteiger partial charge in [-0.3, -0.25) is 10.1 Å². The standard InChI is InChI=1S/C9H8F3NO4/c10-9(11,12)5-17-8-3-6(4-14)1-2-7(8)13(15)16/h1-3,14H,4-5H2. The number of nitro groups is 1. The highest BCUT2D eigenvalue weighted by molar-refractivity contribution is 5.48. The second-order valence-electron chi connectivity index (χ2n) is 3.12. The minimum Gasteiger partial charge on any atom is -0.477 e. The smallest absolute Gasteiger partial charge is 0.422 e. The molecule has 0 fully saturated rings. The van der Waals surface area contributed by atoms with E-state index in [4.69, 9.17) is 5.11 Å². The molecule has 0 heterocycles. The number of ether oxygens (including phenoxy) is 1. The molecule has 0 saturated carbocycles. The van der Waals surface area contributed by atoms with Crippen LogP contribution in [0.1, 0.15) is 5.56 Å². The lowest BCUT2D eigenvalue weighted by atomic mass is 10.2. The second-order valence-corrected chi connectivity index (χ2v) is 3.12. The molecule has 1 rings (SSSR count). The molecule has 0 aliphatic heterocycles. The lowest BCUT2D eigenvalue weighted by molar-refractivity contribution is -0.386.